The Labute approximate surface area is 201 Å². The van der Waals surface area contributed by atoms with E-state index in [0.29, 0.717) is 22.0 Å². The fourth-order valence-corrected chi connectivity index (χ4v) is 3.17. The predicted molar refractivity (Wildman–Crippen MR) is 118 cm³/mol. The first-order valence-corrected chi connectivity index (χ1v) is 10.4. The molecular formula is C24H22F6N2O4. The number of pyridine rings is 1. The number of carboxylic acid groups (broad SMARTS) is 1. The smallest absolute Gasteiger partial charge is 0.490 e. The zero-order valence-corrected chi connectivity index (χ0v) is 19.0. The number of carbonyl (C=O) groups excluding carboxylic acids is 1. The van der Waals surface area contributed by atoms with Gasteiger partial charge < -0.3 is 15.5 Å². The normalized spacial score (nSPS) is 12.6. The summed E-state index contributed by atoms with van der Waals surface area (Å²) in [6, 6.07) is 10.7. The molecule has 1 atom stereocenters. The molecule has 12 heteroatoms. The van der Waals surface area contributed by atoms with Gasteiger partial charge in [0.2, 0.25) is 5.91 Å². The van der Waals surface area contributed by atoms with Crippen LogP contribution in [0.5, 0.6) is 5.75 Å². The molecule has 194 valence electrons. The number of aliphatic carboxylic acids is 1. The molecule has 0 aliphatic heterocycles. The van der Waals surface area contributed by atoms with Crippen molar-refractivity contribution in [2.24, 2.45) is 5.92 Å². The van der Waals surface area contributed by atoms with Crippen LogP contribution in [-0.2, 0) is 15.8 Å². The third kappa shape index (κ3) is 7.59. The molecule has 6 nitrogen and oxygen atoms in total. The predicted octanol–water partition coefficient (Wildman–Crippen LogP) is 5.84. The zero-order valence-electron chi connectivity index (χ0n) is 19.0. The number of aromatic hydroxyl groups is 1. The summed E-state index contributed by atoms with van der Waals surface area (Å²) < 4.78 is 70.5. The van der Waals surface area contributed by atoms with E-state index in [2.05, 4.69) is 10.3 Å². The number of carboxylic acids is 1. The van der Waals surface area contributed by atoms with Gasteiger partial charge in [-0.05, 0) is 29.7 Å². The van der Waals surface area contributed by atoms with Crippen molar-refractivity contribution in [2.75, 3.05) is 0 Å². The number of phenols is 1. The number of halogens is 6. The Hall–Kier alpha value is -3.83. The Morgan fingerprint density at radius 2 is 1.56 bits per heavy atom. The van der Waals surface area contributed by atoms with Gasteiger partial charge in [0.15, 0.2) is 0 Å². The molecule has 1 aromatic heterocycles. The number of benzene rings is 2. The highest BCUT2D eigenvalue weighted by atomic mass is 19.4. The summed E-state index contributed by atoms with van der Waals surface area (Å²) >= 11 is 0. The molecule has 1 heterocycles. The highest BCUT2D eigenvalue weighted by molar-refractivity contribution is 5.86. The Morgan fingerprint density at radius 3 is 2.06 bits per heavy atom. The van der Waals surface area contributed by atoms with Crippen molar-refractivity contribution in [3.05, 3.63) is 71.4 Å². The second-order valence-electron chi connectivity index (χ2n) is 8.10. The van der Waals surface area contributed by atoms with Gasteiger partial charge in [-0.2, -0.15) is 26.3 Å². The van der Waals surface area contributed by atoms with Crippen LogP contribution in [0.25, 0.3) is 10.9 Å². The number of hydrogen-bond donors (Lipinski definition) is 3. The molecule has 0 spiro atoms. The number of fused-ring (bicyclic) bond motifs is 1. The van der Waals surface area contributed by atoms with Crippen LogP contribution in [0.15, 0.2) is 54.7 Å². The van der Waals surface area contributed by atoms with Crippen LogP contribution in [0.4, 0.5) is 26.3 Å². The summed E-state index contributed by atoms with van der Waals surface area (Å²) in [6.07, 6.45) is -7.75. The quantitative estimate of drug-likeness (QED) is 0.370. The average Bonchev–Trinajstić information content (AvgIpc) is 2.77. The summed E-state index contributed by atoms with van der Waals surface area (Å²) in [7, 11) is 0. The third-order valence-electron chi connectivity index (χ3n) is 4.80. The summed E-state index contributed by atoms with van der Waals surface area (Å²) in [6.45, 7) is 3.79. The second-order valence-corrected chi connectivity index (χ2v) is 8.10. The molecule has 2 aromatic carbocycles. The van der Waals surface area contributed by atoms with Crippen LogP contribution >= 0.6 is 0 Å². The van der Waals surface area contributed by atoms with Gasteiger partial charge in [0, 0.05) is 23.6 Å². The van der Waals surface area contributed by atoms with Gasteiger partial charge in [0.1, 0.15) is 11.3 Å². The number of aromatic nitrogens is 1. The minimum Gasteiger partial charge on any atom is -0.505 e. The fraction of sp³-hybridized carbons (Fsp3) is 0.292. The van der Waals surface area contributed by atoms with Crippen molar-refractivity contribution in [2.45, 2.75) is 38.7 Å². The molecule has 0 saturated heterocycles. The molecule has 3 aromatic rings. The number of nitrogens with zero attached hydrogens (tertiary/aromatic N) is 1. The maximum Gasteiger partial charge on any atom is 0.490 e. The van der Waals surface area contributed by atoms with Gasteiger partial charge in [-0.15, -0.1) is 0 Å². The lowest BCUT2D eigenvalue weighted by molar-refractivity contribution is -0.192. The molecule has 0 aliphatic rings. The number of carbonyl (C=O) groups is 2. The highest BCUT2D eigenvalue weighted by Gasteiger charge is 2.38. The van der Waals surface area contributed by atoms with Crippen molar-refractivity contribution in [1.29, 1.82) is 0 Å². The van der Waals surface area contributed by atoms with Gasteiger partial charge in [0.05, 0.1) is 11.6 Å². The van der Waals surface area contributed by atoms with E-state index in [4.69, 9.17) is 9.90 Å². The average molecular weight is 516 g/mol. The van der Waals surface area contributed by atoms with Gasteiger partial charge in [-0.25, -0.2) is 4.79 Å². The maximum absolute atomic E-state index is 12.9. The summed E-state index contributed by atoms with van der Waals surface area (Å²) in [5, 5.41) is 21.4. The number of phenolic OH excluding ortho intramolecular Hbond substituents is 1. The number of rotatable bonds is 5. The molecule has 1 unspecified atom stereocenters. The molecule has 0 fully saturated rings. The van der Waals surface area contributed by atoms with Crippen molar-refractivity contribution in [1.82, 2.24) is 10.3 Å². The lowest BCUT2D eigenvalue weighted by Gasteiger charge is -2.22. The Kier molecular flexibility index (Phi) is 8.89. The maximum atomic E-state index is 12.9. The largest absolute Gasteiger partial charge is 0.505 e. The third-order valence-corrected chi connectivity index (χ3v) is 4.80. The first-order chi connectivity index (χ1) is 16.6. The standard InChI is InChI=1S/C22H21F3N2O2.C2HF3O2/c1-13(2)12-18(28)27-19(15-5-8-16(9-6-15)22(23,24)25)17-10-7-14-4-3-11-26-20(14)21(17)29;3-2(4,5)1(6)7/h3-11,13,19,29H,12H2,1-2H3,(H,27,28);(H,6,7). The van der Waals surface area contributed by atoms with E-state index in [1.807, 2.05) is 13.8 Å². The first kappa shape index (κ1) is 28.4. The topological polar surface area (TPSA) is 99.5 Å². The van der Waals surface area contributed by atoms with Gasteiger partial charge in [0.25, 0.3) is 0 Å². The molecule has 0 bridgehead atoms. The number of amides is 1. The van der Waals surface area contributed by atoms with E-state index < -0.39 is 29.9 Å². The Balaban J connectivity index is 0.000000572. The van der Waals surface area contributed by atoms with E-state index in [-0.39, 0.29) is 24.0 Å². The summed E-state index contributed by atoms with van der Waals surface area (Å²) in [4.78, 5) is 25.5. The van der Waals surface area contributed by atoms with Crippen molar-refractivity contribution in [3.8, 4) is 5.75 Å². The molecule has 0 radical (unpaired) electrons. The Bertz CT molecular complexity index is 1210. The van der Waals surface area contributed by atoms with Gasteiger partial charge in [-0.3, -0.25) is 9.78 Å². The summed E-state index contributed by atoms with van der Waals surface area (Å²) in [5.74, 6) is -3.02. The van der Waals surface area contributed by atoms with Crippen LogP contribution < -0.4 is 5.32 Å². The monoisotopic (exact) mass is 516 g/mol. The van der Waals surface area contributed by atoms with Gasteiger partial charge >= 0.3 is 18.3 Å². The van der Waals surface area contributed by atoms with E-state index >= 15 is 0 Å². The molecule has 3 rings (SSSR count). The van der Waals surface area contributed by atoms with E-state index in [1.54, 1.807) is 24.3 Å². The zero-order chi connectivity index (χ0) is 27.3. The van der Waals surface area contributed by atoms with E-state index in [0.717, 1.165) is 12.1 Å². The Morgan fingerprint density at radius 1 is 0.972 bits per heavy atom. The minimum atomic E-state index is -5.08. The van der Waals surface area contributed by atoms with Crippen molar-refractivity contribution >= 4 is 22.8 Å². The van der Waals surface area contributed by atoms with Crippen molar-refractivity contribution in [3.63, 3.8) is 0 Å². The van der Waals surface area contributed by atoms with Crippen LogP contribution in [0.3, 0.4) is 0 Å². The van der Waals surface area contributed by atoms with Gasteiger partial charge in [-0.1, -0.05) is 44.2 Å². The fourth-order valence-electron chi connectivity index (χ4n) is 3.17. The SMILES string of the molecule is CC(C)CC(=O)NC(c1ccc(C(F)(F)F)cc1)c1ccc2cccnc2c1O.O=C(O)C(F)(F)F. The number of alkyl halides is 6. The molecule has 1 amide bonds. The van der Waals surface area contributed by atoms with Crippen LogP contribution in [0.2, 0.25) is 0 Å². The van der Waals surface area contributed by atoms with E-state index in [9.17, 15) is 36.2 Å². The number of nitrogens with one attached hydrogen (secondary N) is 1. The molecule has 0 aliphatic carbocycles. The lowest BCUT2D eigenvalue weighted by Crippen LogP contribution is -2.30. The summed E-state index contributed by atoms with van der Waals surface area (Å²) in [5.41, 5.74) is 0.381. The van der Waals surface area contributed by atoms with Crippen molar-refractivity contribution < 1.29 is 46.1 Å². The number of hydrogen-bond acceptors (Lipinski definition) is 4. The lowest BCUT2D eigenvalue weighted by atomic mass is 9.95. The van der Waals surface area contributed by atoms with Crippen LogP contribution in [0, 0.1) is 5.92 Å². The minimum absolute atomic E-state index is 0.107. The first-order valence-electron chi connectivity index (χ1n) is 10.4. The highest BCUT2D eigenvalue weighted by Crippen LogP contribution is 2.36. The molecule has 3 N–H and O–H groups in total. The van der Waals surface area contributed by atoms with Crippen LogP contribution in [-0.4, -0.2) is 33.2 Å². The molecule has 0 saturated carbocycles. The molecular weight excluding hydrogens is 494 g/mol. The molecule has 36 heavy (non-hydrogen) atoms. The second kappa shape index (κ2) is 11.3. The van der Waals surface area contributed by atoms with E-state index in [1.165, 1.54) is 18.3 Å². The van der Waals surface area contributed by atoms with Crippen LogP contribution in [0.1, 0.15) is 43.0 Å².